The molecule has 9 heteroatoms. The molecule has 0 atom stereocenters. The van der Waals surface area contributed by atoms with Crippen LogP contribution in [0.2, 0.25) is 0 Å². The summed E-state index contributed by atoms with van der Waals surface area (Å²) in [6.07, 6.45) is 5.68. The monoisotopic (exact) mass is 501 g/mol. The number of pyridine rings is 1. The molecule has 0 saturated carbocycles. The maximum absolute atomic E-state index is 13.3. The lowest BCUT2D eigenvalue weighted by molar-refractivity contribution is -0.122. The number of amides is 1. The third-order valence-corrected chi connectivity index (χ3v) is 7.92. The fourth-order valence-corrected chi connectivity index (χ4v) is 5.83. The average molecular weight is 502 g/mol. The molecule has 0 aromatic carbocycles. The van der Waals surface area contributed by atoms with E-state index < -0.39 is 0 Å². The number of piperazine rings is 1. The largest absolute Gasteiger partial charge is 0.355 e. The minimum Gasteiger partial charge on any atom is -0.355 e. The van der Waals surface area contributed by atoms with Crippen LogP contribution >= 0.6 is 24.0 Å². The van der Waals surface area contributed by atoms with Gasteiger partial charge < -0.3 is 9.80 Å². The van der Waals surface area contributed by atoms with Crippen molar-refractivity contribution >= 4 is 46.1 Å². The Hall–Kier alpha value is -2.15. The summed E-state index contributed by atoms with van der Waals surface area (Å²) in [6, 6.07) is 2.12. The van der Waals surface area contributed by atoms with Crippen molar-refractivity contribution in [3.05, 3.63) is 31.9 Å². The number of thioether (sulfide) groups is 1. The highest BCUT2D eigenvalue weighted by molar-refractivity contribution is 8.26. The maximum Gasteiger partial charge on any atom is 0.270 e. The fourth-order valence-electron chi connectivity index (χ4n) is 4.54. The molecule has 2 fully saturated rings. The Labute approximate surface area is 212 Å². The summed E-state index contributed by atoms with van der Waals surface area (Å²) in [5, 5.41) is 9.80. The van der Waals surface area contributed by atoms with Gasteiger partial charge in [0.2, 0.25) is 0 Å². The summed E-state index contributed by atoms with van der Waals surface area (Å²) < 4.78 is 2.31. The molecular weight excluding hydrogens is 466 g/mol. The Bertz CT molecular complexity index is 1060. The summed E-state index contributed by atoms with van der Waals surface area (Å²) in [7, 11) is 0. The predicted octanol–water partition coefficient (Wildman–Crippen LogP) is 3.97. The zero-order valence-electron chi connectivity index (χ0n) is 20.7. The van der Waals surface area contributed by atoms with Gasteiger partial charge in [-0.3, -0.25) is 19.1 Å². The first-order valence-electron chi connectivity index (χ1n) is 12.3. The van der Waals surface area contributed by atoms with E-state index in [1.165, 1.54) is 11.8 Å². The van der Waals surface area contributed by atoms with Gasteiger partial charge in [0.1, 0.15) is 21.8 Å². The molecule has 1 aromatic heterocycles. The smallest absolute Gasteiger partial charge is 0.270 e. The van der Waals surface area contributed by atoms with Gasteiger partial charge in [0, 0.05) is 44.8 Å². The topological polar surface area (TPSA) is 72.6 Å². The molecule has 184 valence electrons. The quantitative estimate of drug-likeness (QED) is 0.288. The van der Waals surface area contributed by atoms with E-state index in [1.807, 2.05) is 19.9 Å². The number of thiocarbonyl (C=S) groups is 1. The minimum absolute atomic E-state index is 0.0843. The van der Waals surface area contributed by atoms with Gasteiger partial charge in [0.15, 0.2) is 0 Å². The zero-order valence-corrected chi connectivity index (χ0v) is 22.4. The molecule has 1 amide bonds. The molecule has 34 heavy (non-hydrogen) atoms. The van der Waals surface area contributed by atoms with Crippen LogP contribution in [-0.2, 0) is 11.3 Å². The van der Waals surface area contributed by atoms with E-state index >= 15 is 0 Å². The van der Waals surface area contributed by atoms with Crippen molar-refractivity contribution in [2.24, 2.45) is 0 Å². The number of aromatic nitrogens is 1. The number of hydrogen-bond acceptors (Lipinski definition) is 7. The Kier molecular flexibility index (Phi) is 9.34. The SMILES string of the molecule is CCCCCN1C(=O)C(=Cc2c(C)c(C#N)c(=O)n(CCC)c2N2CCN(CC)CC2)SC1=S. The summed E-state index contributed by atoms with van der Waals surface area (Å²) in [5.41, 5.74) is 1.31. The van der Waals surface area contributed by atoms with Crippen LogP contribution in [0.1, 0.15) is 63.1 Å². The van der Waals surface area contributed by atoms with E-state index in [1.54, 1.807) is 9.47 Å². The number of carbonyl (C=O) groups excluding carboxylic acids is 1. The predicted molar refractivity (Wildman–Crippen MR) is 144 cm³/mol. The zero-order chi connectivity index (χ0) is 24.8. The van der Waals surface area contributed by atoms with Gasteiger partial charge in [0.25, 0.3) is 11.5 Å². The third kappa shape index (κ3) is 5.40. The van der Waals surface area contributed by atoms with Crippen molar-refractivity contribution in [2.45, 2.75) is 59.9 Å². The first-order chi connectivity index (χ1) is 16.4. The van der Waals surface area contributed by atoms with Crippen LogP contribution in [-0.4, -0.2) is 63.9 Å². The fraction of sp³-hybridized carbons (Fsp3) is 0.600. The van der Waals surface area contributed by atoms with Gasteiger partial charge in [-0.05, 0) is 37.9 Å². The number of unbranched alkanes of at least 4 members (excludes halogenated alkanes) is 2. The van der Waals surface area contributed by atoms with Gasteiger partial charge in [-0.15, -0.1) is 0 Å². The number of nitrogens with zero attached hydrogens (tertiary/aromatic N) is 5. The van der Waals surface area contributed by atoms with Crippen LogP contribution in [0, 0.1) is 18.3 Å². The minimum atomic E-state index is -0.251. The first kappa shape index (κ1) is 26.5. The van der Waals surface area contributed by atoms with Crippen LogP contribution in [0.3, 0.4) is 0 Å². The molecule has 0 bridgehead atoms. The second kappa shape index (κ2) is 12.0. The van der Waals surface area contributed by atoms with Gasteiger partial charge in [0.05, 0.1) is 4.91 Å². The Balaban J connectivity index is 2.11. The van der Waals surface area contributed by atoms with Crippen molar-refractivity contribution < 1.29 is 4.79 Å². The van der Waals surface area contributed by atoms with Crippen LogP contribution in [0.5, 0.6) is 0 Å². The number of nitriles is 1. The highest BCUT2D eigenvalue weighted by atomic mass is 32.2. The van der Waals surface area contributed by atoms with E-state index in [0.717, 1.165) is 69.8 Å². The molecule has 1 aromatic rings. The van der Waals surface area contributed by atoms with Crippen molar-refractivity contribution in [2.75, 3.05) is 44.2 Å². The highest BCUT2D eigenvalue weighted by Crippen LogP contribution is 2.36. The molecule has 0 spiro atoms. The molecule has 0 radical (unpaired) electrons. The molecule has 7 nitrogen and oxygen atoms in total. The molecule has 0 unspecified atom stereocenters. The van der Waals surface area contributed by atoms with E-state index in [-0.39, 0.29) is 17.0 Å². The number of carbonyl (C=O) groups is 1. The van der Waals surface area contributed by atoms with E-state index in [0.29, 0.717) is 27.9 Å². The average Bonchev–Trinajstić information content (AvgIpc) is 3.10. The van der Waals surface area contributed by atoms with Crippen LogP contribution < -0.4 is 10.5 Å². The molecule has 2 aliphatic heterocycles. The molecule has 0 N–H and O–H groups in total. The van der Waals surface area contributed by atoms with Crippen molar-refractivity contribution in [1.29, 1.82) is 5.26 Å². The van der Waals surface area contributed by atoms with Crippen molar-refractivity contribution in [3.8, 4) is 6.07 Å². The van der Waals surface area contributed by atoms with Gasteiger partial charge in [-0.25, -0.2) is 0 Å². The molecule has 2 saturated heterocycles. The molecular formula is C25H35N5O2S2. The third-order valence-electron chi connectivity index (χ3n) is 6.55. The normalized spacial score (nSPS) is 18.3. The second-order valence-electron chi connectivity index (χ2n) is 8.77. The summed E-state index contributed by atoms with van der Waals surface area (Å²) in [5.74, 6) is 0.731. The standard InChI is InChI=1S/C25H35N5O2S2/c1-5-8-9-11-30-24(32)21(34-25(30)33)16-19-18(4)20(17-26)23(31)29(10-6-2)22(19)28-14-12-27(7-3)13-15-28/h16H,5-15H2,1-4H3. The van der Waals surface area contributed by atoms with Crippen molar-refractivity contribution in [3.63, 3.8) is 0 Å². The lowest BCUT2D eigenvalue weighted by atomic mass is 10.0. The van der Waals surface area contributed by atoms with Gasteiger partial charge in [-0.2, -0.15) is 5.26 Å². The number of likely N-dealkylation sites (N-methyl/N-ethyl adjacent to an activating group) is 1. The number of hydrogen-bond donors (Lipinski definition) is 0. The van der Waals surface area contributed by atoms with Crippen molar-refractivity contribution in [1.82, 2.24) is 14.4 Å². The van der Waals surface area contributed by atoms with E-state index in [4.69, 9.17) is 12.2 Å². The number of anilines is 1. The van der Waals surface area contributed by atoms with Crippen LogP contribution in [0.4, 0.5) is 5.82 Å². The Morgan fingerprint density at radius 1 is 1.06 bits per heavy atom. The molecule has 3 heterocycles. The molecule has 2 aliphatic rings. The lowest BCUT2D eigenvalue weighted by Crippen LogP contribution is -2.48. The summed E-state index contributed by atoms with van der Waals surface area (Å²) in [4.78, 5) is 33.4. The van der Waals surface area contributed by atoms with Crippen LogP contribution in [0.15, 0.2) is 9.70 Å². The van der Waals surface area contributed by atoms with E-state index in [2.05, 4.69) is 29.7 Å². The van der Waals surface area contributed by atoms with Gasteiger partial charge in [-0.1, -0.05) is 57.6 Å². The Morgan fingerprint density at radius 3 is 2.35 bits per heavy atom. The maximum atomic E-state index is 13.3. The van der Waals surface area contributed by atoms with Gasteiger partial charge >= 0.3 is 0 Å². The number of rotatable bonds is 9. The first-order valence-corrected chi connectivity index (χ1v) is 13.5. The Morgan fingerprint density at radius 2 is 1.76 bits per heavy atom. The van der Waals surface area contributed by atoms with Crippen LogP contribution in [0.25, 0.3) is 6.08 Å². The van der Waals surface area contributed by atoms with E-state index in [9.17, 15) is 14.9 Å². The lowest BCUT2D eigenvalue weighted by Gasteiger charge is -2.37. The highest BCUT2D eigenvalue weighted by Gasteiger charge is 2.33. The summed E-state index contributed by atoms with van der Waals surface area (Å²) in [6.45, 7) is 13.7. The molecule has 3 rings (SSSR count). The molecule has 0 aliphatic carbocycles. The summed E-state index contributed by atoms with van der Waals surface area (Å²) >= 11 is 6.83. The second-order valence-corrected chi connectivity index (χ2v) is 10.4.